The molecule has 0 unspecified atom stereocenters. The fourth-order valence-corrected chi connectivity index (χ4v) is 4.29. The normalized spacial score (nSPS) is 14.1. The van der Waals surface area contributed by atoms with Crippen LogP contribution in [0.5, 0.6) is 0 Å². The van der Waals surface area contributed by atoms with Crippen molar-refractivity contribution in [1.82, 2.24) is 0 Å². The van der Waals surface area contributed by atoms with Crippen LogP contribution in [0.3, 0.4) is 0 Å². The molecule has 0 spiro atoms. The van der Waals surface area contributed by atoms with Crippen LogP contribution in [-0.2, 0) is 0 Å². The Morgan fingerprint density at radius 1 is 0.410 bits per heavy atom. The molecule has 1 aliphatic carbocycles. The van der Waals surface area contributed by atoms with Crippen molar-refractivity contribution < 1.29 is 65.9 Å². The largest absolute Gasteiger partial charge is 0.207 e. The second kappa shape index (κ2) is 9.86. The van der Waals surface area contributed by atoms with Crippen molar-refractivity contribution in [3.8, 4) is 0 Å². The SMILES string of the molecule is Fc1c(F)c(F)c([BH-](/C(=C/C2CC2)c2c(F)c(F)c(F)c(F)c2F)c2c(F)c(F)c(F)c(F)c2F)c(F)c1F. The molecule has 0 aromatic heterocycles. The van der Waals surface area contributed by atoms with Gasteiger partial charge in [-0.15, -0.1) is 17.0 Å². The van der Waals surface area contributed by atoms with Gasteiger partial charge in [0.25, 0.3) is 0 Å². The van der Waals surface area contributed by atoms with Crippen LogP contribution in [-0.4, -0.2) is 6.71 Å². The van der Waals surface area contributed by atoms with Gasteiger partial charge in [0.2, 0.25) is 5.82 Å². The molecule has 3 aromatic carbocycles. The molecule has 0 atom stereocenters. The Labute approximate surface area is 207 Å². The van der Waals surface area contributed by atoms with Crippen molar-refractivity contribution >= 4 is 23.1 Å². The molecule has 4 rings (SSSR count). The molecule has 0 heterocycles. The van der Waals surface area contributed by atoms with E-state index in [9.17, 15) is 65.9 Å². The molecule has 0 bridgehead atoms. The van der Waals surface area contributed by atoms with E-state index in [-0.39, 0.29) is 12.8 Å². The average molecular weight is 579 g/mol. The maximum atomic E-state index is 14.9. The van der Waals surface area contributed by atoms with Gasteiger partial charge < -0.3 is 0 Å². The minimum Gasteiger partial charge on any atom is -0.207 e. The lowest BCUT2D eigenvalue weighted by Gasteiger charge is -2.32. The zero-order chi connectivity index (χ0) is 29.2. The molecule has 0 saturated heterocycles. The van der Waals surface area contributed by atoms with Crippen LogP contribution < -0.4 is 10.9 Å². The number of allylic oxidation sites excluding steroid dienone is 1. The first-order chi connectivity index (χ1) is 18.1. The first-order valence-electron chi connectivity index (χ1n) is 10.6. The van der Waals surface area contributed by atoms with Crippen molar-refractivity contribution in [2.75, 3.05) is 0 Å². The second-order valence-corrected chi connectivity index (χ2v) is 8.60. The summed E-state index contributed by atoms with van der Waals surface area (Å²) in [5, 5.41) is 0. The molecular weight excluding hydrogens is 572 g/mol. The standard InChI is InChI=1S/C23H7BF15/c25-9-6(10(26)16(32)21(37)15(9)31)5(3-4-1-2-4)24(7-11(27)17(33)22(38)18(34)12(7)28)8-13(29)19(35)23(39)20(36)14(8)30/h3-4,24H,1-2H2/q-1/b5-3+. The molecule has 0 nitrogen and oxygen atoms in total. The molecule has 208 valence electrons. The van der Waals surface area contributed by atoms with Crippen LogP contribution in [0.2, 0.25) is 0 Å². The maximum absolute atomic E-state index is 14.9. The van der Waals surface area contributed by atoms with Gasteiger partial charge in [-0.3, -0.25) is 0 Å². The van der Waals surface area contributed by atoms with Crippen molar-refractivity contribution in [2.45, 2.75) is 12.8 Å². The minimum absolute atomic E-state index is 0.0270. The first kappa shape index (κ1) is 28.4. The Balaban J connectivity index is 2.27. The van der Waals surface area contributed by atoms with Crippen LogP contribution in [0.15, 0.2) is 6.08 Å². The molecule has 0 aliphatic heterocycles. The van der Waals surface area contributed by atoms with Gasteiger partial charge in [0.1, 0.15) is 23.3 Å². The van der Waals surface area contributed by atoms with E-state index in [4.69, 9.17) is 0 Å². The molecule has 16 heteroatoms. The van der Waals surface area contributed by atoms with E-state index in [1.54, 1.807) is 0 Å². The Morgan fingerprint density at radius 2 is 0.667 bits per heavy atom. The lowest BCUT2D eigenvalue weighted by molar-refractivity contribution is 0.376. The number of benzene rings is 3. The van der Waals surface area contributed by atoms with Crippen LogP contribution in [0, 0.1) is 93.2 Å². The fraction of sp³-hybridized carbons (Fsp3) is 0.130. The number of halogens is 15. The van der Waals surface area contributed by atoms with E-state index in [1.807, 2.05) is 0 Å². The summed E-state index contributed by atoms with van der Waals surface area (Å²) in [7, 11) is 0. The van der Waals surface area contributed by atoms with Gasteiger partial charge in [0.05, 0.1) is 6.71 Å². The highest BCUT2D eigenvalue weighted by Gasteiger charge is 2.38. The van der Waals surface area contributed by atoms with Gasteiger partial charge in [-0.1, -0.05) is 0 Å². The van der Waals surface area contributed by atoms with E-state index in [0.717, 1.165) is 0 Å². The average Bonchev–Trinajstić information content (AvgIpc) is 3.73. The summed E-state index contributed by atoms with van der Waals surface area (Å²) >= 11 is 0. The predicted molar refractivity (Wildman–Crippen MR) is 106 cm³/mol. The highest BCUT2D eigenvalue weighted by atomic mass is 19.2. The summed E-state index contributed by atoms with van der Waals surface area (Å²) < 4.78 is 215. The zero-order valence-electron chi connectivity index (χ0n) is 18.4. The fourth-order valence-electron chi connectivity index (χ4n) is 4.29. The Bertz CT molecular complexity index is 1420. The summed E-state index contributed by atoms with van der Waals surface area (Å²) in [6.45, 7) is -4.77. The Hall–Kier alpha value is -3.59. The summed E-state index contributed by atoms with van der Waals surface area (Å²) in [6.07, 6.45) is 0.507. The van der Waals surface area contributed by atoms with Crippen LogP contribution in [0.25, 0.3) is 5.47 Å². The van der Waals surface area contributed by atoms with Gasteiger partial charge in [0.15, 0.2) is 58.2 Å². The molecule has 1 fully saturated rings. The van der Waals surface area contributed by atoms with Gasteiger partial charge in [0, 0.05) is 5.56 Å². The molecule has 1 aliphatic rings. The van der Waals surface area contributed by atoms with Crippen LogP contribution in [0.4, 0.5) is 65.9 Å². The van der Waals surface area contributed by atoms with Crippen molar-refractivity contribution in [2.24, 2.45) is 5.92 Å². The first-order valence-corrected chi connectivity index (χ1v) is 10.6. The zero-order valence-corrected chi connectivity index (χ0v) is 18.4. The smallest absolute Gasteiger partial charge is 0.200 e. The second-order valence-electron chi connectivity index (χ2n) is 8.60. The van der Waals surface area contributed by atoms with E-state index in [1.165, 1.54) is 0 Å². The number of rotatable bonds is 5. The highest BCUT2D eigenvalue weighted by Crippen LogP contribution is 2.38. The van der Waals surface area contributed by atoms with Crippen molar-refractivity contribution in [1.29, 1.82) is 0 Å². The predicted octanol–water partition coefficient (Wildman–Crippen LogP) is 6.15. The molecule has 39 heavy (non-hydrogen) atoms. The summed E-state index contributed by atoms with van der Waals surface area (Å²) in [5.74, 6) is -43.2. The molecule has 0 radical (unpaired) electrons. The van der Waals surface area contributed by atoms with Gasteiger partial charge >= 0.3 is 0 Å². The molecular formula is C23H7BF15-. The lowest BCUT2D eigenvalue weighted by Crippen LogP contribution is -2.52. The molecule has 1 saturated carbocycles. The van der Waals surface area contributed by atoms with E-state index >= 15 is 0 Å². The van der Waals surface area contributed by atoms with Crippen molar-refractivity contribution in [3.05, 3.63) is 98.9 Å². The number of hydrogen-bond donors (Lipinski definition) is 0. The highest BCUT2D eigenvalue weighted by molar-refractivity contribution is 6.99. The quantitative estimate of drug-likeness (QED) is 0.148. The third-order valence-corrected chi connectivity index (χ3v) is 6.28. The third kappa shape index (κ3) is 4.33. The summed E-state index contributed by atoms with van der Waals surface area (Å²) in [6, 6.07) is 0. The maximum Gasteiger partial charge on any atom is 0.200 e. The van der Waals surface area contributed by atoms with Gasteiger partial charge in [-0.25, -0.2) is 65.9 Å². The Morgan fingerprint density at radius 3 is 0.949 bits per heavy atom. The van der Waals surface area contributed by atoms with Crippen LogP contribution in [0.1, 0.15) is 18.4 Å². The molecule has 3 aromatic rings. The third-order valence-electron chi connectivity index (χ3n) is 6.28. The minimum atomic E-state index is -4.77. The van der Waals surface area contributed by atoms with E-state index < -0.39 is 122 Å². The van der Waals surface area contributed by atoms with Crippen molar-refractivity contribution in [3.63, 3.8) is 0 Å². The van der Waals surface area contributed by atoms with E-state index in [0.29, 0.717) is 6.08 Å². The Kier molecular flexibility index (Phi) is 7.19. The molecule has 0 amide bonds. The topological polar surface area (TPSA) is 0 Å². The van der Waals surface area contributed by atoms with Gasteiger partial charge in [-0.2, -0.15) is 5.47 Å². The summed E-state index contributed by atoms with van der Waals surface area (Å²) in [5.41, 5.74) is -8.40. The van der Waals surface area contributed by atoms with Gasteiger partial charge in [-0.05, 0) is 18.8 Å². The van der Waals surface area contributed by atoms with E-state index in [2.05, 4.69) is 0 Å². The summed E-state index contributed by atoms with van der Waals surface area (Å²) in [4.78, 5) is 0. The monoisotopic (exact) mass is 579 g/mol. The molecule has 0 N–H and O–H groups in total. The van der Waals surface area contributed by atoms with Crippen LogP contribution >= 0.6 is 0 Å². The number of hydrogen-bond acceptors (Lipinski definition) is 0. The lowest BCUT2D eigenvalue weighted by atomic mass is 9.34.